The largest absolute Gasteiger partial charge is 0.427 e. The summed E-state index contributed by atoms with van der Waals surface area (Å²) in [7, 11) is 0. The Kier molecular flexibility index (Phi) is 4.34. The molecule has 23 heavy (non-hydrogen) atoms. The summed E-state index contributed by atoms with van der Waals surface area (Å²) in [5.74, 6) is -0.164. The van der Waals surface area contributed by atoms with Crippen LogP contribution >= 0.6 is 11.3 Å². The van der Waals surface area contributed by atoms with E-state index < -0.39 is 5.97 Å². The zero-order chi connectivity index (χ0) is 16.2. The van der Waals surface area contributed by atoms with Crippen molar-refractivity contribution in [3.63, 3.8) is 0 Å². The average molecular weight is 327 g/mol. The zero-order valence-electron chi connectivity index (χ0n) is 12.3. The molecule has 0 radical (unpaired) electrons. The van der Waals surface area contributed by atoms with E-state index in [9.17, 15) is 9.59 Å². The minimum atomic E-state index is -0.458. The molecule has 1 aliphatic heterocycles. The minimum Gasteiger partial charge on any atom is -0.427 e. The Balaban J connectivity index is 1.75. The maximum Gasteiger partial charge on any atom is 0.363 e. The molecule has 5 nitrogen and oxygen atoms in total. The van der Waals surface area contributed by atoms with Crippen molar-refractivity contribution >= 4 is 29.2 Å². The predicted molar refractivity (Wildman–Crippen MR) is 86.5 cm³/mol. The van der Waals surface area contributed by atoms with Crippen molar-refractivity contribution in [2.75, 3.05) is 0 Å². The number of nitrogens with zero attached hydrogens (tertiary/aromatic N) is 1. The maximum absolute atomic E-state index is 11.9. The molecule has 1 aliphatic rings. The van der Waals surface area contributed by atoms with Gasteiger partial charge in [0.1, 0.15) is 11.4 Å². The second-order valence-electron chi connectivity index (χ2n) is 4.80. The topological polar surface area (TPSA) is 65.0 Å². The number of allylic oxidation sites excluding steroid dienone is 1. The summed E-state index contributed by atoms with van der Waals surface area (Å²) in [6.07, 6.45) is 2.40. The molecule has 2 aromatic rings. The average Bonchev–Trinajstić information content (AvgIpc) is 3.15. The van der Waals surface area contributed by atoms with Crippen LogP contribution in [0.1, 0.15) is 17.4 Å². The summed E-state index contributed by atoms with van der Waals surface area (Å²) in [6.45, 7) is 1.33. The summed E-state index contributed by atoms with van der Waals surface area (Å²) in [5.41, 5.74) is 0.950. The number of ether oxygens (including phenoxy) is 2. The van der Waals surface area contributed by atoms with E-state index in [0.29, 0.717) is 23.4 Å². The Labute approximate surface area is 136 Å². The molecular formula is C17H13NO4S. The molecular weight excluding hydrogens is 314 g/mol. The normalized spacial score (nSPS) is 15.4. The van der Waals surface area contributed by atoms with Crippen molar-refractivity contribution in [1.29, 1.82) is 0 Å². The first-order valence-corrected chi connectivity index (χ1v) is 7.82. The molecule has 0 aliphatic carbocycles. The standard InChI is InChI=1S/C17H13NO4S/c1-11(19)21-13-6-4-12(5-7-13)16-18-15(17(20)22-16)9-8-14-3-2-10-23-14/h2-7,9-10H,8H2,1H3/b15-9-. The fraction of sp³-hybridized carbons (Fsp3) is 0.118. The quantitative estimate of drug-likeness (QED) is 0.492. The van der Waals surface area contributed by atoms with Crippen molar-refractivity contribution in [3.05, 3.63) is 64.0 Å². The molecule has 3 rings (SSSR count). The SMILES string of the molecule is CC(=O)Oc1ccc(C2=N/C(=C\Cc3cccs3)C(=O)O2)cc1. The minimum absolute atomic E-state index is 0.252. The van der Waals surface area contributed by atoms with E-state index in [-0.39, 0.29) is 11.9 Å². The number of rotatable bonds is 4. The molecule has 0 spiro atoms. The molecule has 2 heterocycles. The lowest BCUT2D eigenvalue weighted by molar-refractivity contribution is -0.132. The van der Waals surface area contributed by atoms with Crippen molar-refractivity contribution in [1.82, 2.24) is 0 Å². The van der Waals surface area contributed by atoms with Gasteiger partial charge in [-0.05, 0) is 41.8 Å². The highest BCUT2D eigenvalue weighted by atomic mass is 32.1. The van der Waals surface area contributed by atoms with Gasteiger partial charge in [-0.1, -0.05) is 6.07 Å². The monoisotopic (exact) mass is 327 g/mol. The number of thiophene rings is 1. The van der Waals surface area contributed by atoms with Crippen LogP contribution < -0.4 is 4.74 Å². The Hall–Kier alpha value is -2.73. The lowest BCUT2D eigenvalue weighted by atomic mass is 10.2. The van der Waals surface area contributed by atoms with Gasteiger partial charge in [0, 0.05) is 23.8 Å². The van der Waals surface area contributed by atoms with Gasteiger partial charge < -0.3 is 9.47 Å². The molecule has 0 saturated carbocycles. The number of hydrogen-bond acceptors (Lipinski definition) is 6. The first kappa shape index (κ1) is 15.2. The van der Waals surface area contributed by atoms with Crippen molar-refractivity contribution in [3.8, 4) is 5.75 Å². The lowest BCUT2D eigenvalue weighted by Crippen LogP contribution is -2.06. The summed E-state index contributed by atoms with van der Waals surface area (Å²) >= 11 is 1.62. The van der Waals surface area contributed by atoms with Crippen LogP contribution in [0.5, 0.6) is 5.75 Å². The third-order valence-corrected chi connectivity index (χ3v) is 3.96. The number of cyclic esters (lactones) is 1. The molecule has 0 saturated heterocycles. The summed E-state index contributed by atoms with van der Waals surface area (Å²) in [6, 6.07) is 10.6. The Morgan fingerprint density at radius 1 is 1.30 bits per heavy atom. The molecule has 116 valence electrons. The highest BCUT2D eigenvalue weighted by Crippen LogP contribution is 2.20. The fourth-order valence-corrected chi connectivity index (χ4v) is 2.70. The number of carbonyl (C=O) groups excluding carboxylic acids is 2. The number of hydrogen-bond donors (Lipinski definition) is 0. The summed E-state index contributed by atoms with van der Waals surface area (Å²) in [5, 5.41) is 1.99. The van der Waals surface area contributed by atoms with Gasteiger partial charge in [-0.2, -0.15) is 0 Å². The van der Waals surface area contributed by atoms with E-state index in [1.54, 1.807) is 41.7 Å². The van der Waals surface area contributed by atoms with Crippen LogP contribution in [0, 0.1) is 0 Å². The van der Waals surface area contributed by atoms with Crippen molar-refractivity contribution in [2.24, 2.45) is 4.99 Å². The van der Waals surface area contributed by atoms with Crippen LogP contribution in [-0.4, -0.2) is 17.8 Å². The van der Waals surface area contributed by atoms with E-state index in [0.717, 1.165) is 4.88 Å². The van der Waals surface area contributed by atoms with Crippen LogP contribution in [0.15, 0.2) is 58.5 Å². The summed E-state index contributed by atoms with van der Waals surface area (Å²) < 4.78 is 10.1. The van der Waals surface area contributed by atoms with E-state index in [1.165, 1.54) is 6.92 Å². The first-order valence-electron chi connectivity index (χ1n) is 6.94. The molecule has 1 aromatic heterocycles. The first-order chi connectivity index (χ1) is 11.1. The molecule has 0 fully saturated rings. The summed E-state index contributed by atoms with van der Waals surface area (Å²) in [4.78, 5) is 28.1. The number of aliphatic imine (C=N–C) groups is 1. The highest BCUT2D eigenvalue weighted by molar-refractivity contribution is 7.09. The Bertz CT molecular complexity index is 789. The number of benzene rings is 1. The van der Waals surface area contributed by atoms with E-state index >= 15 is 0 Å². The fourth-order valence-electron chi connectivity index (χ4n) is 2.03. The number of esters is 2. The van der Waals surface area contributed by atoms with Gasteiger partial charge in [0.2, 0.25) is 5.90 Å². The van der Waals surface area contributed by atoms with Crippen LogP contribution in [0.25, 0.3) is 0 Å². The zero-order valence-corrected chi connectivity index (χ0v) is 13.1. The van der Waals surface area contributed by atoms with Crippen molar-refractivity contribution < 1.29 is 19.1 Å². The van der Waals surface area contributed by atoms with Gasteiger partial charge in [0.05, 0.1) is 0 Å². The smallest absolute Gasteiger partial charge is 0.363 e. The van der Waals surface area contributed by atoms with Crippen LogP contribution in [-0.2, 0) is 20.7 Å². The molecule has 0 unspecified atom stereocenters. The molecule has 0 N–H and O–H groups in total. The maximum atomic E-state index is 11.9. The van der Waals surface area contributed by atoms with Gasteiger partial charge in [-0.25, -0.2) is 9.79 Å². The van der Waals surface area contributed by atoms with Gasteiger partial charge in [0.25, 0.3) is 0 Å². The van der Waals surface area contributed by atoms with Crippen molar-refractivity contribution in [2.45, 2.75) is 13.3 Å². The molecule has 0 atom stereocenters. The molecule has 1 aromatic carbocycles. The third-order valence-electron chi connectivity index (χ3n) is 3.06. The molecule has 0 amide bonds. The van der Waals surface area contributed by atoms with Crippen LogP contribution in [0.4, 0.5) is 0 Å². The van der Waals surface area contributed by atoms with Gasteiger partial charge >= 0.3 is 11.9 Å². The van der Waals surface area contributed by atoms with Gasteiger partial charge in [-0.3, -0.25) is 4.79 Å². The molecule has 6 heteroatoms. The second-order valence-corrected chi connectivity index (χ2v) is 5.83. The van der Waals surface area contributed by atoms with Gasteiger partial charge in [-0.15, -0.1) is 11.3 Å². The van der Waals surface area contributed by atoms with E-state index in [4.69, 9.17) is 9.47 Å². The van der Waals surface area contributed by atoms with Gasteiger partial charge in [0.15, 0.2) is 0 Å². The van der Waals surface area contributed by atoms with E-state index in [2.05, 4.69) is 4.99 Å². The number of carbonyl (C=O) groups is 2. The Morgan fingerprint density at radius 3 is 2.74 bits per heavy atom. The highest BCUT2D eigenvalue weighted by Gasteiger charge is 2.23. The van der Waals surface area contributed by atoms with E-state index in [1.807, 2.05) is 17.5 Å². The third kappa shape index (κ3) is 3.73. The van der Waals surface area contributed by atoms with Crippen LogP contribution in [0.2, 0.25) is 0 Å². The molecule has 0 bridgehead atoms. The Morgan fingerprint density at radius 2 is 2.09 bits per heavy atom. The predicted octanol–water partition coefficient (Wildman–Crippen LogP) is 3.10. The lowest BCUT2D eigenvalue weighted by Gasteiger charge is -2.02. The second kappa shape index (κ2) is 6.58. The van der Waals surface area contributed by atoms with Crippen LogP contribution in [0.3, 0.4) is 0 Å².